The second-order valence-corrected chi connectivity index (χ2v) is 14.5. The molecule has 0 spiro atoms. The van der Waals surface area contributed by atoms with Gasteiger partial charge in [-0.25, -0.2) is 0 Å². The summed E-state index contributed by atoms with van der Waals surface area (Å²) in [6, 6.07) is 4.43. The van der Waals surface area contributed by atoms with E-state index in [-0.39, 0.29) is 16.2 Å². The Kier molecular flexibility index (Phi) is 26.6. The molecule has 0 unspecified atom stereocenters. The maximum absolute atomic E-state index is 8.48. The summed E-state index contributed by atoms with van der Waals surface area (Å²) < 4.78 is 0. The molecule has 4 nitrogen and oxygen atoms in total. The van der Waals surface area contributed by atoms with Crippen LogP contribution in [-0.4, -0.2) is 12.4 Å². The van der Waals surface area contributed by atoms with Crippen LogP contribution in [0.3, 0.4) is 0 Å². The average Bonchev–Trinajstić information content (AvgIpc) is 2.71. The first kappa shape index (κ1) is 44.4. The lowest BCUT2D eigenvalue weighted by molar-refractivity contribution is 0.398. The zero-order chi connectivity index (χ0) is 30.4. The summed E-state index contributed by atoms with van der Waals surface area (Å²) in [5.74, 6) is 0.759. The van der Waals surface area contributed by atoms with Crippen molar-refractivity contribution in [2.24, 2.45) is 37.8 Å². The Hall–Kier alpha value is -1.55. The van der Waals surface area contributed by atoms with Crippen LogP contribution in [0.4, 0.5) is 0 Å². The molecular weight excluding hydrogens is 440 g/mol. The van der Waals surface area contributed by atoms with E-state index < -0.39 is 0 Å². The highest BCUT2D eigenvalue weighted by Crippen LogP contribution is 2.19. The minimum Gasteiger partial charge on any atom is -0.387 e. The Balaban J connectivity index is -0.000000114. The molecule has 36 heavy (non-hydrogen) atoms. The number of nitrogens with two attached hydrogens (primary N) is 1. The fourth-order valence-electron chi connectivity index (χ4n) is 1.23. The molecule has 2 N–H and O–H groups in total. The third kappa shape index (κ3) is 53.7. The number of rotatable bonds is 5. The van der Waals surface area contributed by atoms with Crippen molar-refractivity contribution in [3.63, 3.8) is 0 Å². The number of nitrogens with zero attached hydrogens (tertiary/aromatic N) is 3. The van der Waals surface area contributed by atoms with Crippen molar-refractivity contribution >= 4 is 5.84 Å². The van der Waals surface area contributed by atoms with Gasteiger partial charge < -0.3 is 5.73 Å². The van der Waals surface area contributed by atoms with Gasteiger partial charge in [-0.2, -0.15) is 10.5 Å². The highest BCUT2D eigenvalue weighted by molar-refractivity contribution is 5.85. The van der Waals surface area contributed by atoms with Crippen LogP contribution in [0.1, 0.15) is 157 Å². The van der Waals surface area contributed by atoms with Gasteiger partial charge >= 0.3 is 0 Å². The van der Waals surface area contributed by atoms with Crippen LogP contribution in [-0.2, 0) is 0 Å². The molecule has 216 valence electrons. The van der Waals surface area contributed by atoms with Crippen LogP contribution < -0.4 is 5.73 Å². The first-order valence-electron chi connectivity index (χ1n) is 13.9. The SMILES string of the molecule is CC(C)(C)C.CCC(C)(C)C.CCC(C)(C)C#N.CCCC(C)(C)C#N.CCCN=C(N)C(C)(C)C. The predicted molar refractivity (Wildman–Crippen MR) is 165 cm³/mol. The van der Waals surface area contributed by atoms with E-state index in [1.165, 1.54) is 6.42 Å². The number of hydrogen-bond acceptors (Lipinski definition) is 3. The van der Waals surface area contributed by atoms with Gasteiger partial charge in [-0.15, -0.1) is 0 Å². The van der Waals surface area contributed by atoms with Crippen LogP contribution >= 0.6 is 0 Å². The molecule has 0 aliphatic heterocycles. The van der Waals surface area contributed by atoms with Gasteiger partial charge in [-0.3, -0.25) is 4.99 Å². The normalized spacial score (nSPS) is 11.9. The maximum Gasteiger partial charge on any atom is 0.0991 e. The van der Waals surface area contributed by atoms with Crippen molar-refractivity contribution in [2.75, 3.05) is 6.54 Å². The van der Waals surface area contributed by atoms with Gasteiger partial charge in [0.15, 0.2) is 0 Å². The molecule has 0 amide bonds. The first-order valence-corrected chi connectivity index (χ1v) is 13.9. The number of aliphatic imine (C=N–C) groups is 1. The van der Waals surface area contributed by atoms with Gasteiger partial charge in [0.05, 0.1) is 28.8 Å². The standard InChI is InChI=1S/C8H18N2.C7H13N.C6H11N.C6H14.C5H12/c1-5-6-10-7(9)8(2,3)4;1-4-5-7(2,3)6-8;1-4-6(2,3)5-7;1-5-6(2,3)4;1-5(2,3)4/h5-6H2,1-4H3,(H2,9,10);4-5H2,1-3H3;4H2,1-3H3;5H2,1-4H3;1-4H3. The van der Waals surface area contributed by atoms with Crippen molar-refractivity contribution < 1.29 is 0 Å². The van der Waals surface area contributed by atoms with Gasteiger partial charge in [0.25, 0.3) is 0 Å². The second-order valence-electron chi connectivity index (χ2n) is 14.5. The molecule has 0 aromatic heterocycles. The lowest BCUT2D eigenvalue weighted by Gasteiger charge is -2.16. The quantitative estimate of drug-likeness (QED) is 0.296. The van der Waals surface area contributed by atoms with E-state index in [4.69, 9.17) is 16.3 Å². The smallest absolute Gasteiger partial charge is 0.0991 e. The fourth-order valence-corrected chi connectivity index (χ4v) is 1.23. The van der Waals surface area contributed by atoms with E-state index in [1.807, 2.05) is 34.6 Å². The summed E-state index contributed by atoms with van der Waals surface area (Å²) >= 11 is 0. The molecule has 0 aliphatic carbocycles. The van der Waals surface area contributed by atoms with E-state index in [0.717, 1.165) is 38.1 Å². The summed E-state index contributed by atoms with van der Waals surface area (Å²) in [4.78, 5) is 4.21. The summed E-state index contributed by atoms with van der Waals surface area (Å²) in [7, 11) is 0. The third-order valence-electron chi connectivity index (χ3n) is 4.70. The summed E-state index contributed by atoms with van der Waals surface area (Å²) in [6.45, 7) is 38.8. The minimum atomic E-state index is -0.111. The Morgan fingerprint density at radius 1 is 0.639 bits per heavy atom. The van der Waals surface area contributed by atoms with Gasteiger partial charge in [0.2, 0.25) is 0 Å². The molecular formula is C32H68N4. The van der Waals surface area contributed by atoms with Crippen LogP contribution in [0.5, 0.6) is 0 Å². The molecule has 0 aromatic rings. The fraction of sp³-hybridized carbons (Fsp3) is 0.906. The summed E-state index contributed by atoms with van der Waals surface area (Å²) in [5.41, 5.74) is 6.55. The maximum atomic E-state index is 8.48. The highest BCUT2D eigenvalue weighted by atomic mass is 14.9. The molecule has 0 saturated carbocycles. The Labute approximate surface area is 229 Å². The minimum absolute atomic E-state index is 0.0369. The van der Waals surface area contributed by atoms with E-state index in [2.05, 4.69) is 107 Å². The van der Waals surface area contributed by atoms with Crippen LogP contribution in [0.25, 0.3) is 0 Å². The topological polar surface area (TPSA) is 86.0 Å². The number of hydrogen-bond donors (Lipinski definition) is 1. The van der Waals surface area contributed by atoms with Gasteiger partial charge in [0.1, 0.15) is 0 Å². The van der Waals surface area contributed by atoms with Crippen LogP contribution in [0.15, 0.2) is 4.99 Å². The molecule has 0 aromatic carbocycles. The molecule has 0 saturated heterocycles. The van der Waals surface area contributed by atoms with Crippen molar-refractivity contribution in [3.8, 4) is 12.1 Å². The van der Waals surface area contributed by atoms with Crippen molar-refractivity contribution in [1.82, 2.24) is 0 Å². The predicted octanol–water partition coefficient (Wildman–Crippen LogP) is 10.6. The average molecular weight is 509 g/mol. The monoisotopic (exact) mass is 509 g/mol. The van der Waals surface area contributed by atoms with Gasteiger partial charge in [-0.1, -0.05) is 110 Å². The second kappa shape index (κ2) is 21.5. The van der Waals surface area contributed by atoms with Crippen molar-refractivity contribution in [1.29, 1.82) is 10.5 Å². The molecule has 0 rings (SSSR count). The highest BCUT2D eigenvalue weighted by Gasteiger charge is 2.14. The van der Waals surface area contributed by atoms with E-state index in [0.29, 0.717) is 10.8 Å². The molecule has 0 bridgehead atoms. The molecule has 0 atom stereocenters. The molecule has 0 heterocycles. The lowest BCUT2D eigenvalue weighted by atomic mass is 9.90. The van der Waals surface area contributed by atoms with E-state index in [1.54, 1.807) is 0 Å². The molecule has 4 heteroatoms. The van der Waals surface area contributed by atoms with E-state index >= 15 is 0 Å². The van der Waals surface area contributed by atoms with Crippen molar-refractivity contribution in [3.05, 3.63) is 0 Å². The zero-order valence-electron chi connectivity index (χ0n) is 28.2. The Morgan fingerprint density at radius 3 is 1.08 bits per heavy atom. The van der Waals surface area contributed by atoms with Crippen molar-refractivity contribution in [2.45, 2.75) is 157 Å². The van der Waals surface area contributed by atoms with Gasteiger partial charge in [0, 0.05) is 12.0 Å². The number of nitriles is 2. The lowest BCUT2D eigenvalue weighted by Crippen LogP contribution is -2.29. The third-order valence-corrected chi connectivity index (χ3v) is 4.70. The summed E-state index contributed by atoms with van der Waals surface area (Å²) in [6.07, 6.45) is 5.37. The molecule has 0 fully saturated rings. The number of amidine groups is 1. The van der Waals surface area contributed by atoms with E-state index in [9.17, 15) is 0 Å². The summed E-state index contributed by atoms with van der Waals surface area (Å²) in [5, 5.41) is 16.8. The van der Waals surface area contributed by atoms with Crippen LogP contribution in [0.2, 0.25) is 0 Å². The Bertz CT molecular complexity index is 601. The van der Waals surface area contributed by atoms with Gasteiger partial charge in [-0.05, 0) is 57.8 Å². The zero-order valence-corrected chi connectivity index (χ0v) is 28.2. The first-order chi connectivity index (χ1) is 15.8. The Morgan fingerprint density at radius 2 is 0.972 bits per heavy atom. The van der Waals surface area contributed by atoms with Crippen LogP contribution in [0, 0.1) is 49.7 Å². The molecule has 0 aliphatic rings. The molecule has 0 radical (unpaired) electrons. The largest absolute Gasteiger partial charge is 0.387 e.